The minimum Gasteiger partial charge on any atom is -0.444 e. The molecular weight excluding hydrogens is 400 g/mol. The number of nitrogens with one attached hydrogen (secondary N) is 2. The van der Waals surface area contributed by atoms with Gasteiger partial charge in [-0.15, -0.1) is 0 Å². The van der Waals surface area contributed by atoms with Crippen LogP contribution >= 0.6 is 15.9 Å². The summed E-state index contributed by atoms with van der Waals surface area (Å²) in [5.41, 5.74) is 0.444. The van der Waals surface area contributed by atoms with Gasteiger partial charge in [0.15, 0.2) is 0 Å². The summed E-state index contributed by atoms with van der Waals surface area (Å²) in [6, 6.07) is 7.50. The smallest absolute Gasteiger partial charge is 0.407 e. The van der Waals surface area contributed by atoms with Crippen LogP contribution in [0, 0.1) is 0 Å². The lowest BCUT2D eigenvalue weighted by Crippen LogP contribution is -2.45. The maximum atomic E-state index is 12.1. The molecule has 26 heavy (non-hydrogen) atoms. The summed E-state index contributed by atoms with van der Waals surface area (Å²) < 4.78 is 12.2. The van der Waals surface area contributed by atoms with E-state index in [9.17, 15) is 9.59 Å². The van der Waals surface area contributed by atoms with E-state index in [-0.39, 0.29) is 18.1 Å². The molecule has 146 valence electrons. The first kappa shape index (κ1) is 22.4. The van der Waals surface area contributed by atoms with E-state index in [2.05, 4.69) is 26.6 Å². The lowest BCUT2D eigenvalue weighted by atomic mass is 10.1. The zero-order valence-corrected chi connectivity index (χ0v) is 17.7. The van der Waals surface area contributed by atoms with Gasteiger partial charge in [0.05, 0.1) is 18.8 Å². The molecule has 0 aliphatic carbocycles. The minimum atomic E-state index is -0.586. The molecule has 0 spiro atoms. The summed E-state index contributed by atoms with van der Waals surface area (Å²) in [6.45, 7) is 7.71. The highest BCUT2D eigenvalue weighted by Crippen LogP contribution is 2.15. The Morgan fingerprint density at radius 3 is 2.35 bits per heavy atom. The minimum absolute atomic E-state index is 0.0823. The van der Waals surface area contributed by atoms with E-state index in [1.807, 2.05) is 31.2 Å². The lowest BCUT2D eigenvalue weighted by molar-refractivity contribution is -0.121. The van der Waals surface area contributed by atoms with Gasteiger partial charge in [0.1, 0.15) is 5.60 Å². The zero-order valence-electron chi connectivity index (χ0n) is 16.1. The molecule has 2 N–H and O–H groups in total. The molecule has 0 aromatic heterocycles. The topological polar surface area (TPSA) is 76.7 Å². The Morgan fingerprint density at radius 1 is 1.19 bits per heavy atom. The maximum absolute atomic E-state index is 12.1. The first-order chi connectivity index (χ1) is 12.1. The second-order valence-corrected chi connectivity index (χ2v) is 8.02. The van der Waals surface area contributed by atoms with Crippen molar-refractivity contribution in [3.8, 4) is 0 Å². The third-order valence-electron chi connectivity index (χ3n) is 3.66. The van der Waals surface area contributed by atoms with Gasteiger partial charge in [-0.05, 0) is 51.8 Å². The molecule has 0 aliphatic rings. The lowest BCUT2D eigenvalue weighted by Gasteiger charge is -2.27. The molecule has 0 radical (unpaired) electrons. The molecule has 0 heterocycles. The monoisotopic (exact) mass is 428 g/mol. The number of amides is 2. The van der Waals surface area contributed by atoms with Crippen molar-refractivity contribution in [3.05, 3.63) is 34.3 Å². The predicted octanol–water partition coefficient (Wildman–Crippen LogP) is 3.77. The van der Waals surface area contributed by atoms with Crippen molar-refractivity contribution >= 4 is 27.9 Å². The average Bonchev–Trinajstić information content (AvgIpc) is 2.55. The fourth-order valence-electron chi connectivity index (χ4n) is 2.22. The molecule has 7 heteroatoms. The van der Waals surface area contributed by atoms with E-state index >= 15 is 0 Å². The van der Waals surface area contributed by atoms with Crippen LogP contribution in [-0.2, 0) is 20.9 Å². The molecular formula is C19H29BrN2O4. The van der Waals surface area contributed by atoms with Gasteiger partial charge in [0, 0.05) is 17.9 Å². The first-order valence-corrected chi connectivity index (χ1v) is 9.46. The van der Waals surface area contributed by atoms with Crippen molar-refractivity contribution < 1.29 is 19.1 Å². The van der Waals surface area contributed by atoms with Gasteiger partial charge in [0.25, 0.3) is 0 Å². The van der Waals surface area contributed by atoms with Crippen molar-refractivity contribution in [2.24, 2.45) is 0 Å². The normalized spacial score (nSPS) is 13.6. The van der Waals surface area contributed by atoms with Crippen LogP contribution in [0.15, 0.2) is 28.7 Å². The Balaban J connectivity index is 2.66. The van der Waals surface area contributed by atoms with Crippen molar-refractivity contribution in [2.45, 2.75) is 64.9 Å². The molecule has 6 nitrogen and oxygen atoms in total. The van der Waals surface area contributed by atoms with Crippen molar-refractivity contribution in [1.29, 1.82) is 0 Å². The van der Waals surface area contributed by atoms with Gasteiger partial charge in [0.2, 0.25) is 5.91 Å². The highest BCUT2D eigenvalue weighted by atomic mass is 79.9. The number of carbonyl (C=O) groups is 2. The standard InChI is InChI=1S/C19H29BrN2O4/c1-13(25-12-14-6-8-15(20)9-7-14)16(10-11-17(23)21-5)22-18(24)26-19(2,3)4/h6-9,13,16H,10-12H2,1-5H3,(H,21,23)(H,22,24)/t13-,16+/m1/s1. The van der Waals surface area contributed by atoms with Gasteiger partial charge in [-0.2, -0.15) is 0 Å². The number of rotatable bonds is 8. The molecule has 0 bridgehead atoms. The zero-order chi connectivity index (χ0) is 19.7. The van der Waals surface area contributed by atoms with E-state index in [1.54, 1.807) is 27.8 Å². The van der Waals surface area contributed by atoms with E-state index in [4.69, 9.17) is 9.47 Å². The summed E-state index contributed by atoms with van der Waals surface area (Å²) in [7, 11) is 1.59. The van der Waals surface area contributed by atoms with Crippen molar-refractivity contribution in [3.63, 3.8) is 0 Å². The summed E-state index contributed by atoms with van der Waals surface area (Å²) in [4.78, 5) is 23.7. The number of halogens is 1. The third kappa shape index (κ3) is 9.20. The number of carbonyl (C=O) groups excluding carboxylic acids is 2. The van der Waals surface area contributed by atoms with Crippen LogP contribution < -0.4 is 10.6 Å². The largest absolute Gasteiger partial charge is 0.444 e. The Bertz CT molecular complexity index is 584. The van der Waals surface area contributed by atoms with Gasteiger partial charge < -0.3 is 20.1 Å². The van der Waals surface area contributed by atoms with Crippen LogP contribution in [0.25, 0.3) is 0 Å². The van der Waals surface area contributed by atoms with Crippen molar-refractivity contribution in [2.75, 3.05) is 7.05 Å². The molecule has 2 amide bonds. The molecule has 0 unspecified atom stereocenters. The molecule has 1 rings (SSSR count). The average molecular weight is 429 g/mol. The highest BCUT2D eigenvalue weighted by molar-refractivity contribution is 9.10. The van der Waals surface area contributed by atoms with E-state index in [1.165, 1.54) is 0 Å². The van der Waals surface area contributed by atoms with Crippen LogP contribution in [0.5, 0.6) is 0 Å². The fraction of sp³-hybridized carbons (Fsp3) is 0.579. The van der Waals surface area contributed by atoms with E-state index in [0.717, 1.165) is 10.0 Å². The first-order valence-electron chi connectivity index (χ1n) is 8.67. The van der Waals surface area contributed by atoms with Crippen LogP contribution in [0.2, 0.25) is 0 Å². The Kier molecular flexibility index (Phi) is 9.08. The van der Waals surface area contributed by atoms with Gasteiger partial charge in [-0.1, -0.05) is 28.1 Å². The van der Waals surface area contributed by atoms with Gasteiger partial charge >= 0.3 is 6.09 Å². The maximum Gasteiger partial charge on any atom is 0.407 e. The van der Waals surface area contributed by atoms with Gasteiger partial charge in [-0.3, -0.25) is 4.79 Å². The van der Waals surface area contributed by atoms with Crippen LogP contribution in [0.4, 0.5) is 4.79 Å². The summed E-state index contributed by atoms with van der Waals surface area (Å²) in [5, 5.41) is 5.41. The number of alkyl carbamates (subject to hydrolysis) is 1. The van der Waals surface area contributed by atoms with E-state index in [0.29, 0.717) is 19.4 Å². The highest BCUT2D eigenvalue weighted by Gasteiger charge is 2.24. The Labute approximate surface area is 164 Å². The summed E-state index contributed by atoms with van der Waals surface area (Å²) in [5.74, 6) is -0.0823. The second kappa shape index (κ2) is 10.5. The molecule has 1 aromatic rings. The van der Waals surface area contributed by atoms with Gasteiger partial charge in [-0.25, -0.2) is 4.79 Å². The summed E-state index contributed by atoms with van der Waals surface area (Å²) >= 11 is 3.40. The van der Waals surface area contributed by atoms with Crippen LogP contribution in [0.3, 0.4) is 0 Å². The summed E-state index contributed by atoms with van der Waals surface area (Å²) in [6.07, 6.45) is -0.0436. The Morgan fingerprint density at radius 2 is 1.81 bits per heavy atom. The number of hydrogen-bond acceptors (Lipinski definition) is 4. The molecule has 0 saturated carbocycles. The predicted molar refractivity (Wildman–Crippen MR) is 105 cm³/mol. The molecule has 1 aromatic carbocycles. The fourth-order valence-corrected chi connectivity index (χ4v) is 2.48. The third-order valence-corrected chi connectivity index (χ3v) is 4.18. The molecule has 0 saturated heterocycles. The van der Waals surface area contributed by atoms with Crippen LogP contribution in [0.1, 0.15) is 46.1 Å². The number of hydrogen-bond donors (Lipinski definition) is 2. The Hall–Kier alpha value is -1.60. The quantitative estimate of drug-likeness (QED) is 0.660. The SMILES string of the molecule is CNC(=O)CC[C@H](NC(=O)OC(C)(C)C)[C@@H](C)OCc1ccc(Br)cc1. The second-order valence-electron chi connectivity index (χ2n) is 7.11. The molecule has 0 aliphatic heterocycles. The number of benzene rings is 1. The molecule has 2 atom stereocenters. The molecule has 0 fully saturated rings. The van der Waals surface area contributed by atoms with Crippen LogP contribution in [-0.4, -0.2) is 36.8 Å². The number of ether oxygens (including phenoxy) is 2. The van der Waals surface area contributed by atoms with E-state index < -0.39 is 11.7 Å². The van der Waals surface area contributed by atoms with Crippen molar-refractivity contribution in [1.82, 2.24) is 10.6 Å².